The molecular formula is C12H15Cl2N3O2S. The van der Waals surface area contributed by atoms with Gasteiger partial charge in [0.15, 0.2) is 5.65 Å². The molecule has 0 unspecified atom stereocenters. The molecule has 0 fully saturated rings. The second-order valence-electron chi connectivity index (χ2n) is 4.60. The molecule has 0 amide bonds. The lowest BCUT2D eigenvalue weighted by molar-refractivity contribution is 0.590. The first-order valence-corrected chi connectivity index (χ1v) is 9.12. The average Bonchev–Trinajstić information content (AvgIpc) is 2.65. The van der Waals surface area contributed by atoms with E-state index in [1.807, 2.05) is 4.57 Å². The Kier molecular flexibility index (Phi) is 4.88. The number of hydrogen-bond acceptors (Lipinski definition) is 4. The van der Waals surface area contributed by atoms with Crippen LogP contribution in [0.5, 0.6) is 0 Å². The van der Waals surface area contributed by atoms with Crippen molar-refractivity contribution >= 4 is 44.2 Å². The molecule has 2 rings (SSSR count). The van der Waals surface area contributed by atoms with E-state index in [1.165, 1.54) is 6.26 Å². The van der Waals surface area contributed by atoms with Gasteiger partial charge in [-0.2, -0.15) is 0 Å². The number of sulfone groups is 1. The van der Waals surface area contributed by atoms with Crippen molar-refractivity contribution in [2.75, 3.05) is 17.9 Å². The van der Waals surface area contributed by atoms with Crippen LogP contribution in [0.4, 0.5) is 0 Å². The van der Waals surface area contributed by atoms with Gasteiger partial charge in [-0.25, -0.2) is 18.4 Å². The summed E-state index contributed by atoms with van der Waals surface area (Å²) in [5.74, 6) is 1.39. The van der Waals surface area contributed by atoms with Crippen LogP contribution in [0.1, 0.15) is 12.2 Å². The van der Waals surface area contributed by atoms with Crippen molar-refractivity contribution < 1.29 is 8.42 Å². The first-order chi connectivity index (χ1) is 9.40. The molecule has 0 N–H and O–H groups in total. The zero-order chi connectivity index (χ0) is 14.8. The quantitative estimate of drug-likeness (QED) is 0.760. The molecule has 0 aliphatic rings. The second kappa shape index (κ2) is 6.28. The number of hydrogen-bond donors (Lipinski definition) is 0. The van der Waals surface area contributed by atoms with Crippen molar-refractivity contribution in [3.63, 3.8) is 0 Å². The molecule has 0 radical (unpaired) electrons. The maximum atomic E-state index is 11.2. The van der Waals surface area contributed by atoms with Gasteiger partial charge in [0.2, 0.25) is 0 Å². The van der Waals surface area contributed by atoms with E-state index >= 15 is 0 Å². The molecular weight excluding hydrogens is 321 g/mol. The van der Waals surface area contributed by atoms with Crippen LogP contribution in [0.2, 0.25) is 5.02 Å². The molecule has 2 heterocycles. The van der Waals surface area contributed by atoms with Gasteiger partial charge in [-0.3, -0.25) is 0 Å². The zero-order valence-corrected chi connectivity index (χ0v) is 13.3. The first kappa shape index (κ1) is 15.5. The van der Waals surface area contributed by atoms with Gasteiger partial charge < -0.3 is 4.57 Å². The number of halogens is 2. The van der Waals surface area contributed by atoms with Crippen molar-refractivity contribution in [1.29, 1.82) is 0 Å². The average molecular weight is 336 g/mol. The normalized spacial score (nSPS) is 12.2. The number of aromatic nitrogens is 3. The minimum atomic E-state index is -2.96. The van der Waals surface area contributed by atoms with Crippen LogP contribution in [0.3, 0.4) is 0 Å². The Balaban J connectivity index is 2.31. The smallest absolute Gasteiger partial charge is 0.160 e. The third-order valence-corrected chi connectivity index (χ3v) is 4.27. The Morgan fingerprint density at radius 3 is 2.80 bits per heavy atom. The molecule has 0 aliphatic carbocycles. The lowest BCUT2D eigenvalue weighted by Crippen LogP contribution is -2.10. The maximum Gasteiger partial charge on any atom is 0.160 e. The Hall–Kier alpha value is -0.850. The third-order valence-electron chi connectivity index (χ3n) is 2.85. The molecule has 0 aliphatic heterocycles. The molecule has 0 saturated heterocycles. The standard InChI is InChI=1S/C12H15Cl2N3O2S/c1-20(18,19)6-2-5-17-11(3-4-13)16-10-7-9(14)8-15-12(10)17/h7-8H,2-6H2,1H3. The van der Waals surface area contributed by atoms with Crippen molar-refractivity contribution in [2.24, 2.45) is 0 Å². The SMILES string of the molecule is CS(=O)(=O)CCCn1c(CCCl)nc2cc(Cl)cnc21. The van der Waals surface area contributed by atoms with E-state index in [0.717, 1.165) is 5.82 Å². The van der Waals surface area contributed by atoms with E-state index in [0.29, 0.717) is 41.5 Å². The molecule has 8 heteroatoms. The van der Waals surface area contributed by atoms with E-state index in [4.69, 9.17) is 23.2 Å². The van der Waals surface area contributed by atoms with Gasteiger partial charge in [0.25, 0.3) is 0 Å². The molecule has 0 saturated carbocycles. The molecule has 0 atom stereocenters. The van der Waals surface area contributed by atoms with E-state index in [1.54, 1.807) is 12.3 Å². The summed E-state index contributed by atoms with van der Waals surface area (Å²) in [5, 5.41) is 0.524. The minimum absolute atomic E-state index is 0.139. The lowest BCUT2D eigenvalue weighted by atomic mass is 10.4. The number of pyridine rings is 1. The van der Waals surface area contributed by atoms with Gasteiger partial charge in [-0.05, 0) is 12.5 Å². The Labute approximate surface area is 127 Å². The first-order valence-electron chi connectivity index (χ1n) is 6.15. The summed E-state index contributed by atoms with van der Waals surface area (Å²) < 4.78 is 24.3. The molecule has 20 heavy (non-hydrogen) atoms. The Bertz CT molecular complexity index is 713. The molecule has 0 bridgehead atoms. The van der Waals surface area contributed by atoms with Crippen LogP contribution in [-0.4, -0.2) is 40.8 Å². The predicted molar refractivity (Wildman–Crippen MR) is 81.3 cm³/mol. The van der Waals surface area contributed by atoms with E-state index < -0.39 is 9.84 Å². The fraction of sp³-hybridized carbons (Fsp3) is 0.500. The van der Waals surface area contributed by atoms with Crippen LogP contribution in [0, 0.1) is 0 Å². The van der Waals surface area contributed by atoms with Crippen LogP contribution in [-0.2, 0) is 22.8 Å². The van der Waals surface area contributed by atoms with Crippen molar-refractivity contribution in [2.45, 2.75) is 19.4 Å². The van der Waals surface area contributed by atoms with Crippen LogP contribution < -0.4 is 0 Å². The van der Waals surface area contributed by atoms with Crippen LogP contribution in [0.15, 0.2) is 12.3 Å². The summed E-state index contributed by atoms with van der Waals surface area (Å²) in [5.41, 5.74) is 1.42. The lowest BCUT2D eigenvalue weighted by Gasteiger charge is -2.07. The van der Waals surface area contributed by atoms with Crippen molar-refractivity contribution in [3.05, 3.63) is 23.1 Å². The van der Waals surface area contributed by atoms with E-state index in [-0.39, 0.29) is 5.75 Å². The summed E-state index contributed by atoms with van der Waals surface area (Å²) in [6.45, 7) is 0.546. The summed E-state index contributed by atoms with van der Waals surface area (Å²) in [6.07, 6.45) is 3.91. The van der Waals surface area contributed by atoms with E-state index in [2.05, 4.69) is 9.97 Å². The van der Waals surface area contributed by atoms with Crippen molar-refractivity contribution in [3.8, 4) is 0 Å². The zero-order valence-electron chi connectivity index (χ0n) is 11.0. The molecule has 2 aromatic rings. The molecule has 0 spiro atoms. The molecule has 0 aromatic carbocycles. The number of imidazole rings is 1. The second-order valence-corrected chi connectivity index (χ2v) is 7.67. The van der Waals surface area contributed by atoms with Crippen LogP contribution in [0.25, 0.3) is 11.2 Å². The fourth-order valence-corrected chi connectivity index (χ4v) is 3.00. The largest absolute Gasteiger partial charge is 0.313 e. The summed E-state index contributed by atoms with van der Waals surface area (Å²) in [7, 11) is -2.96. The van der Waals surface area contributed by atoms with Gasteiger partial charge in [-0.1, -0.05) is 11.6 Å². The van der Waals surface area contributed by atoms with Gasteiger partial charge in [0.1, 0.15) is 21.2 Å². The summed E-state index contributed by atoms with van der Waals surface area (Å²) in [4.78, 5) is 8.74. The topological polar surface area (TPSA) is 64.8 Å². The van der Waals surface area contributed by atoms with Crippen LogP contribution >= 0.6 is 23.2 Å². The van der Waals surface area contributed by atoms with Crippen molar-refractivity contribution in [1.82, 2.24) is 14.5 Å². The molecule has 110 valence electrons. The Morgan fingerprint density at radius 1 is 1.40 bits per heavy atom. The summed E-state index contributed by atoms with van der Waals surface area (Å²) >= 11 is 11.7. The highest BCUT2D eigenvalue weighted by atomic mass is 35.5. The number of alkyl halides is 1. The highest BCUT2D eigenvalue weighted by Gasteiger charge is 2.12. The maximum absolute atomic E-state index is 11.2. The number of nitrogens with zero attached hydrogens (tertiary/aromatic N) is 3. The minimum Gasteiger partial charge on any atom is -0.313 e. The molecule has 5 nitrogen and oxygen atoms in total. The Morgan fingerprint density at radius 2 is 2.15 bits per heavy atom. The van der Waals surface area contributed by atoms with Gasteiger partial charge in [-0.15, -0.1) is 11.6 Å². The summed E-state index contributed by atoms with van der Waals surface area (Å²) in [6, 6.07) is 1.74. The van der Waals surface area contributed by atoms with E-state index in [9.17, 15) is 8.42 Å². The van der Waals surface area contributed by atoms with Gasteiger partial charge in [0.05, 0.1) is 10.8 Å². The highest BCUT2D eigenvalue weighted by Crippen LogP contribution is 2.19. The van der Waals surface area contributed by atoms with Gasteiger partial charge in [0, 0.05) is 31.3 Å². The monoisotopic (exact) mass is 335 g/mol. The number of aryl methyl sites for hydroxylation is 2. The number of rotatable bonds is 6. The third kappa shape index (κ3) is 3.84. The number of fused-ring (bicyclic) bond motifs is 1. The fourth-order valence-electron chi connectivity index (χ4n) is 2.03. The van der Waals surface area contributed by atoms with Gasteiger partial charge >= 0.3 is 0 Å². The molecule has 2 aromatic heterocycles. The highest BCUT2D eigenvalue weighted by molar-refractivity contribution is 7.90. The predicted octanol–water partition coefficient (Wildman–Crippen LogP) is 2.30.